The van der Waals surface area contributed by atoms with E-state index in [0.717, 1.165) is 16.8 Å². The van der Waals surface area contributed by atoms with Crippen LogP contribution in [0.5, 0.6) is 0 Å². The summed E-state index contributed by atoms with van der Waals surface area (Å²) >= 11 is 0. The molecule has 0 radical (unpaired) electrons. The third kappa shape index (κ3) is 3.42. The van der Waals surface area contributed by atoms with Crippen molar-refractivity contribution >= 4 is 23.5 Å². The van der Waals surface area contributed by atoms with E-state index >= 15 is 0 Å². The standard InChI is InChI=1S/C18H22N2O4/c1-10(19-17(22)13-2-3-14(9-13)18(23)24)11-4-6-15-12(8-11)5-7-16(21)20-15/h4,6,8,10,13-14H,2-3,5,7,9H2,1H3,(H,19,22)(H,20,21)(H,23,24)/t10?,13-,14+/m1/s1. The normalized spacial score (nSPS) is 24.0. The van der Waals surface area contributed by atoms with Crippen LogP contribution in [0, 0.1) is 11.8 Å². The van der Waals surface area contributed by atoms with Gasteiger partial charge in [0.2, 0.25) is 11.8 Å². The number of rotatable bonds is 4. The minimum absolute atomic E-state index is 0.0332. The topological polar surface area (TPSA) is 95.5 Å². The molecule has 1 aliphatic heterocycles. The van der Waals surface area contributed by atoms with Gasteiger partial charge in [-0.1, -0.05) is 12.1 Å². The van der Waals surface area contributed by atoms with E-state index < -0.39 is 11.9 Å². The molecule has 0 aromatic heterocycles. The first-order valence-corrected chi connectivity index (χ1v) is 8.40. The van der Waals surface area contributed by atoms with E-state index in [0.29, 0.717) is 32.1 Å². The highest BCUT2D eigenvalue weighted by molar-refractivity contribution is 5.93. The molecule has 0 saturated heterocycles. The maximum Gasteiger partial charge on any atom is 0.306 e. The second-order valence-electron chi connectivity index (χ2n) is 6.74. The molecule has 24 heavy (non-hydrogen) atoms. The van der Waals surface area contributed by atoms with Gasteiger partial charge in [-0.25, -0.2) is 0 Å². The molecule has 2 aliphatic rings. The van der Waals surface area contributed by atoms with E-state index in [9.17, 15) is 14.4 Å². The lowest BCUT2D eigenvalue weighted by Gasteiger charge is -2.21. The van der Waals surface area contributed by atoms with E-state index in [-0.39, 0.29) is 23.8 Å². The van der Waals surface area contributed by atoms with Gasteiger partial charge in [0.1, 0.15) is 0 Å². The van der Waals surface area contributed by atoms with Gasteiger partial charge in [-0.2, -0.15) is 0 Å². The lowest BCUT2D eigenvalue weighted by Crippen LogP contribution is -2.32. The molecular weight excluding hydrogens is 308 g/mol. The first kappa shape index (κ1) is 16.5. The van der Waals surface area contributed by atoms with Crippen LogP contribution in [0.2, 0.25) is 0 Å². The van der Waals surface area contributed by atoms with E-state index in [1.807, 2.05) is 25.1 Å². The maximum atomic E-state index is 12.4. The van der Waals surface area contributed by atoms with Crippen molar-refractivity contribution in [1.29, 1.82) is 0 Å². The van der Waals surface area contributed by atoms with Crippen molar-refractivity contribution in [2.75, 3.05) is 5.32 Å². The van der Waals surface area contributed by atoms with Gasteiger partial charge < -0.3 is 15.7 Å². The zero-order chi connectivity index (χ0) is 17.3. The molecule has 0 bridgehead atoms. The first-order chi connectivity index (χ1) is 11.4. The smallest absolute Gasteiger partial charge is 0.306 e. The predicted molar refractivity (Wildman–Crippen MR) is 88.4 cm³/mol. The van der Waals surface area contributed by atoms with Gasteiger partial charge in [0.05, 0.1) is 12.0 Å². The number of nitrogens with one attached hydrogen (secondary N) is 2. The van der Waals surface area contributed by atoms with Crippen molar-refractivity contribution in [2.45, 2.75) is 45.1 Å². The quantitative estimate of drug-likeness (QED) is 0.789. The Bertz CT molecular complexity index is 686. The van der Waals surface area contributed by atoms with Crippen molar-refractivity contribution in [1.82, 2.24) is 5.32 Å². The molecule has 1 saturated carbocycles. The lowest BCUT2D eigenvalue weighted by atomic mass is 9.97. The molecule has 1 aromatic rings. The zero-order valence-electron chi connectivity index (χ0n) is 13.7. The van der Waals surface area contributed by atoms with Gasteiger partial charge in [-0.15, -0.1) is 0 Å². The van der Waals surface area contributed by atoms with Crippen LogP contribution in [0.4, 0.5) is 5.69 Å². The number of anilines is 1. The average Bonchev–Trinajstić information content (AvgIpc) is 3.04. The van der Waals surface area contributed by atoms with Gasteiger partial charge in [-0.3, -0.25) is 14.4 Å². The summed E-state index contributed by atoms with van der Waals surface area (Å²) in [5.74, 6) is -1.47. The van der Waals surface area contributed by atoms with Crippen LogP contribution in [-0.2, 0) is 20.8 Å². The number of aryl methyl sites for hydroxylation is 1. The second kappa shape index (κ2) is 6.63. The molecule has 1 aliphatic carbocycles. The Balaban J connectivity index is 1.63. The fourth-order valence-corrected chi connectivity index (χ4v) is 3.53. The molecular formula is C18H22N2O4. The molecule has 6 heteroatoms. The number of carboxylic acid groups (broad SMARTS) is 1. The Morgan fingerprint density at radius 1 is 1.25 bits per heavy atom. The minimum atomic E-state index is -0.810. The highest BCUT2D eigenvalue weighted by Crippen LogP contribution is 2.32. The molecule has 1 heterocycles. The highest BCUT2D eigenvalue weighted by Gasteiger charge is 2.34. The third-order valence-electron chi connectivity index (χ3n) is 5.04. The van der Waals surface area contributed by atoms with Crippen molar-refractivity contribution in [3.05, 3.63) is 29.3 Å². The van der Waals surface area contributed by atoms with Crippen molar-refractivity contribution in [3.8, 4) is 0 Å². The molecule has 3 rings (SSSR count). The number of benzene rings is 1. The molecule has 6 nitrogen and oxygen atoms in total. The number of fused-ring (bicyclic) bond motifs is 1. The number of carbonyl (C=O) groups is 3. The number of hydrogen-bond donors (Lipinski definition) is 3. The molecule has 2 amide bonds. The summed E-state index contributed by atoms with van der Waals surface area (Å²) in [6.45, 7) is 1.92. The number of carboxylic acids is 1. The lowest BCUT2D eigenvalue weighted by molar-refractivity contribution is -0.141. The predicted octanol–water partition coefficient (Wildman–Crippen LogP) is 2.25. The Morgan fingerprint density at radius 2 is 2.00 bits per heavy atom. The Labute approximate surface area is 140 Å². The molecule has 3 atom stereocenters. The monoisotopic (exact) mass is 330 g/mol. The SMILES string of the molecule is CC(NC(=O)[C@@H]1CC[C@H](C(=O)O)C1)c1ccc2c(c1)CCC(=O)N2. The van der Waals surface area contributed by atoms with E-state index in [2.05, 4.69) is 10.6 Å². The average molecular weight is 330 g/mol. The van der Waals surface area contributed by atoms with Gasteiger partial charge in [0.15, 0.2) is 0 Å². The summed E-state index contributed by atoms with van der Waals surface area (Å²) in [7, 11) is 0. The van der Waals surface area contributed by atoms with Crippen molar-refractivity contribution in [3.63, 3.8) is 0 Å². The summed E-state index contributed by atoms with van der Waals surface area (Å²) in [6, 6.07) is 5.66. The molecule has 1 fully saturated rings. The van der Waals surface area contributed by atoms with Crippen molar-refractivity contribution in [2.24, 2.45) is 11.8 Å². The van der Waals surface area contributed by atoms with E-state index in [1.54, 1.807) is 0 Å². The Hall–Kier alpha value is -2.37. The number of amides is 2. The van der Waals surface area contributed by atoms with Gasteiger partial charge >= 0.3 is 5.97 Å². The number of aliphatic carboxylic acids is 1. The minimum Gasteiger partial charge on any atom is -0.481 e. The van der Waals surface area contributed by atoms with Crippen LogP contribution in [0.3, 0.4) is 0 Å². The summed E-state index contributed by atoms with van der Waals surface area (Å²) in [4.78, 5) is 34.8. The van der Waals surface area contributed by atoms with Crippen molar-refractivity contribution < 1.29 is 19.5 Å². The third-order valence-corrected chi connectivity index (χ3v) is 5.04. The summed E-state index contributed by atoms with van der Waals surface area (Å²) in [5, 5.41) is 14.9. The molecule has 1 aromatic carbocycles. The van der Waals surface area contributed by atoms with E-state index in [4.69, 9.17) is 5.11 Å². The number of hydrogen-bond acceptors (Lipinski definition) is 3. The van der Waals surface area contributed by atoms with Crippen LogP contribution in [0.15, 0.2) is 18.2 Å². The number of carbonyl (C=O) groups excluding carboxylic acids is 2. The van der Waals surface area contributed by atoms with Crippen LogP contribution in [0.25, 0.3) is 0 Å². The highest BCUT2D eigenvalue weighted by atomic mass is 16.4. The Morgan fingerprint density at radius 3 is 2.71 bits per heavy atom. The summed E-state index contributed by atoms with van der Waals surface area (Å²) in [5.41, 5.74) is 2.92. The van der Waals surface area contributed by atoms with Crippen LogP contribution in [-0.4, -0.2) is 22.9 Å². The second-order valence-corrected chi connectivity index (χ2v) is 6.74. The van der Waals surface area contributed by atoms with Crippen LogP contribution < -0.4 is 10.6 Å². The van der Waals surface area contributed by atoms with Crippen LogP contribution in [0.1, 0.15) is 49.8 Å². The van der Waals surface area contributed by atoms with E-state index in [1.165, 1.54) is 0 Å². The van der Waals surface area contributed by atoms with Gasteiger partial charge in [0.25, 0.3) is 0 Å². The Kier molecular flexibility index (Phi) is 4.55. The molecule has 0 spiro atoms. The molecule has 3 N–H and O–H groups in total. The first-order valence-electron chi connectivity index (χ1n) is 8.40. The largest absolute Gasteiger partial charge is 0.481 e. The fraction of sp³-hybridized carbons (Fsp3) is 0.500. The fourth-order valence-electron chi connectivity index (χ4n) is 3.53. The molecule has 1 unspecified atom stereocenters. The van der Waals surface area contributed by atoms with Gasteiger partial charge in [-0.05, 0) is 49.8 Å². The zero-order valence-corrected chi connectivity index (χ0v) is 13.7. The maximum absolute atomic E-state index is 12.4. The summed E-state index contributed by atoms with van der Waals surface area (Å²) < 4.78 is 0. The van der Waals surface area contributed by atoms with Crippen LogP contribution >= 0.6 is 0 Å². The molecule has 128 valence electrons. The van der Waals surface area contributed by atoms with Gasteiger partial charge in [0, 0.05) is 18.0 Å². The summed E-state index contributed by atoms with van der Waals surface area (Å²) in [6.07, 6.45) is 2.81.